The fourth-order valence-electron chi connectivity index (χ4n) is 1.43. The van der Waals surface area contributed by atoms with Crippen LogP contribution in [0.25, 0.3) is 0 Å². The van der Waals surface area contributed by atoms with Gasteiger partial charge in [0.1, 0.15) is 0 Å². The molecule has 0 aromatic heterocycles. The van der Waals surface area contributed by atoms with E-state index in [2.05, 4.69) is 5.32 Å². The van der Waals surface area contributed by atoms with Gasteiger partial charge in [0.15, 0.2) is 0 Å². The van der Waals surface area contributed by atoms with E-state index in [-0.39, 0.29) is 11.9 Å². The maximum Gasteiger partial charge on any atom is 0.239 e. The number of carbonyl (C=O) groups is 1. The van der Waals surface area contributed by atoms with Crippen LogP contribution in [-0.4, -0.2) is 52.2 Å². The second-order valence-corrected chi connectivity index (χ2v) is 5.48. The Labute approximate surface area is 101 Å². The van der Waals surface area contributed by atoms with E-state index in [9.17, 15) is 9.00 Å². The Kier molecular flexibility index (Phi) is 8.47. The molecule has 5 heteroatoms. The molecule has 0 fully saturated rings. The first-order valence-corrected chi connectivity index (χ1v) is 7.42. The van der Waals surface area contributed by atoms with Gasteiger partial charge in [0.2, 0.25) is 5.91 Å². The van der Waals surface area contributed by atoms with E-state index in [0.29, 0.717) is 18.1 Å². The molecule has 1 N–H and O–H groups in total. The Bertz CT molecular complexity index is 230. The highest BCUT2D eigenvalue weighted by atomic mass is 32.2. The van der Waals surface area contributed by atoms with Gasteiger partial charge in [0.25, 0.3) is 0 Å². The van der Waals surface area contributed by atoms with E-state index in [1.54, 1.807) is 4.90 Å². The molecule has 0 radical (unpaired) electrons. The highest BCUT2D eigenvalue weighted by Crippen LogP contribution is 1.94. The first-order valence-electron chi connectivity index (χ1n) is 5.93. The summed E-state index contributed by atoms with van der Waals surface area (Å²) in [6.45, 7) is 9.82. The monoisotopic (exact) mass is 248 g/mol. The molecule has 2 atom stereocenters. The van der Waals surface area contributed by atoms with Crippen LogP contribution >= 0.6 is 0 Å². The van der Waals surface area contributed by atoms with Gasteiger partial charge >= 0.3 is 0 Å². The minimum absolute atomic E-state index is 0.118. The first-order chi connectivity index (χ1) is 7.56. The average molecular weight is 248 g/mol. The van der Waals surface area contributed by atoms with Gasteiger partial charge in [-0.25, -0.2) is 0 Å². The molecule has 0 saturated carbocycles. The van der Waals surface area contributed by atoms with Gasteiger partial charge in [0, 0.05) is 41.9 Å². The highest BCUT2D eigenvalue weighted by Gasteiger charge is 2.17. The maximum absolute atomic E-state index is 11.8. The van der Waals surface area contributed by atoms with Crippen molar-refractivity contribution in [2.24, 2.45) is 0 Å². The van der Waals surface area contributed by atoms with Crippen LogP contribution in [0.3, 0.4) is 0 Å². The number of hydrogen-bond acceptors (Lipinski definition) is 3. The number of amides is 1. The number of rotatable bonds is 8. The molecule has 0 aromatic carbocycles. The fraction of sp³-hybridized carbons (Fsp3) is 0.909. The number of carbonyl (C=O) groups excluding carboxylic acids is 1. The van der Waals surface area contributed by atoms with Crippen molar-refractivity contribution in [3.63, 3.8) is 0 Å². The van der Waals surface area contributed by atoms with Gasteiger partial charge < -0.3 is 10.2 Å². The molecular weight excluding hydrogens is 224 g/mol. The van der Waals surface area contributed by atoms with E-state index in [1.807, 2.05) is 27.7 Å². The molecule has 0 aliphatic rings. The summed E-state index contributed by atoms with van der Waals surface area (Å²) in [7, 11) is -0.758. The zero-order chi connectivity index (χ0) is 12.6. The van der Waals surface area contributed by atoms with Crippen molar-refractivity contribution in [1.82, 2.24) is 10.2 Å². The maximum atomic E-state index is 11.8. The van der Waals surface area contributed by atoms with Crippen LogP contribution in [0, 0.1) is 0 Å². The predicted molar refractivity (Wildman–Crippen MR) is 68.9 cm³/mol. The van der Waals surface area contributed by atoms with Gasteiger partial charge in [-0.2, -0.15) is 0 Å². The molecule has 1 amide bonds. The van der Waals surface area contributed by atoms with Crippen molar-refractivity contribution in [2.45, 2.75) is 33.7 Å². The van der Waals surface area contributed by atoms with Crippen LogP contribution in [0.15, 0.2) is 0 Å². The minimum atomic E-state index is -0.758. The van der Waals surface area contributed by atoms with Gasteiger partial charge in [0.05, 0.1) is 6.04 Å². The summed E-state index contributed by atoms with van der Waals surface area (Å²) in [6.07, 6.45) is 0. The number of hydrogen-bond donors (Lipinski definition) is 1. The van der Waals surface area contributed by atoms with Gasteiger partial charge in [-0.15, -0.1) is 0 Å². The lowest BCUT2D eigenvalue weighted by Crippen LogP contribution is -2.45. The summed E-state index contributed by atoms with van der Waals surface area (Å²) >= 11 is 0. The third-order valence-corrected chi connectivity index (χ3v) is 3.85. The van der Waals surface area contributed by atoms with Crippen LogP contribution in [0.4, 0.5) is 0 Å². The summed E-state index contributed by atoms with van der Waals surface area (Å²) in [5.41, 5.74) is 0. The second-order valence-electron chi connectivity index (χ2n) is 3.62. The molecule has 96 valence electrons. The number of nitrogens with one attached hydrogen (secondary N) is 1. The van der Waals surface area contributed by atoms with Crippen molar-refractivity contribution in [3.8, 4) is 0 Å². The lowest BCUT2D eigenvalue weighted by Gasteiger charge is -2.23. The Morgan fingerprint density at radius 1 is 1.31 bits per heavy atom. The molecule has 0 saturated heterocycles. The average Bonchev–Trinajstić information content (AvgIpc) is 2.29. The zero-order valence-electron chi connectivity index (χ0n) is 10.8. The Balaban J connectivity index is 3.91. The lowest BCUT2D eigenvalue weighted by molar-refractivity contribution is -0.132. The largest absolute Gasteiger partial charge is 0.342 e. The van der Waals surface area contributed by atoms with Crippen LogP contribution in [0.2, 0.25) is 0 Å². The SMILES string of the molecule is CCN(CC)C(=O)C(C)NCCS(=O)CC. The van der Waals surface area contributed by atoms with E-state index < -0.39 is 10.8 Å². The molecule has 0 spiro atoms. The predicted octanol–water partition coefficient (Wildman–Crippen LogP) is 0.601. The number of likely N-dealkylation sites (N-methyl/N-ethyl adjacent to an activating group) is 1. The van der Waals surface area contributed by atoms with Gasteiger partial charge in [-0.3, -0.25) is 9.00 Å². The topological polar surface area (TPSA) is 49.4 Å². The molecule has 2 unspecified atom stereocenters. The highest BCUT2D eigenvalue weighted by molar-refractivity contribution is 7.84. The Morgan fingerprint density at radius 3 is 2.31 bits per heavy atom. The third-order valence-electron chi connectivity index (χ3n) is 2.55. The van der Waals surface area contributed by atoms with Crippen molar-refractivity contribution >= 4 is 16.7 Å². The van der Waals surface area contributed by atoms with Crippen molar-refractivity contribution in [2.75, 3.05) is 31.1 Å². The summed E-state index contributed by atoms with van der Waals surface area (Å²) in [5, 5.41) is 3.11. The van der Waals surface area contributed by atoms with E-state index in [1.165, 1.54) is 0 Å². The molecule has 0 bridgehead atoms. The summed E-state index contributed by atoms with van der Waals surface area (Å²) in [4.78, 5) is 13.6. The molecule has 0 heterocycles. The Hall–Kier alpha value is -0.420. The Morgan fingerprint density at radius 2 is 1.88 bits per heavy atom. The molecule has 0 aliphatic carbocycles. The molecule has 4 nitrogen and oxygen atoms in total. The summed E-state index contributed by atoms with van der Waals surface area (Å²) < 4.78 is 11.2. The first kappa shape index (κ1) is 15.6. The lowest BCUT2D eigenvalue weighted by atomic mass is 10.3. The summed E-state index contributed by atoms with van der Waals surface area (Å²) in [5.74, 6) is 1.42. The number of nitrogens with zero attached hydrogens (tertiary/aromatic N) is 1. The van der Waals surface area contributed by atoms with E-state index >= 15 is 0 Å². The van der Waals surface area contributed by atoms with E-state index in [0.717, 1.165) is 13.1 Å². The second kappa shape index (κ2) is 8.70. The molecule has 0 rings (SSSR count). The molecule has 0 aliphatic heterocycles. The van der Waals surface area contributed by atoms with E-state index in [4.69, 9.17) is 0 Å². The fourth-order valence-corrected chi connectivity index (χ4v) is 2.06. The normalized spacial score (nSPS) is 14.5. The van der Waals surface area contributed by atoms with Crippen LogP contribution in [0.5, 0.6) is 0 Å². The zero-order valence-corrected chi connectivity index (χ0v) is 11.6. The standard InChI is InChI=1S/C11H24N2O2S/c1-5-13(6-2)11(14)10(4)12-8-9-16(15)7-3/h10,12H,5-9H2,1-4H3. The van der Waals surface area contributed by atoms with Crippen molar-refractivity contribution < 1.29 is 9.00 Å². The van der Waals surface area contributed by atoms with Crippen LogP contribution in [0.1, 0.15) is 27.7 Å². The molecule has 16 heavy (non-hydrogen) atoms. The van der Waals surface area contributed by atoms with Crippen molar-refractivity contribution in [3.05, 3.63) is 0 Å². The van der Waals surface area contributed by atoms with Gasteiger partial charge in [-0.1, -0.05) is 6.92 Å². The van der Waals surface area contributed by atoms with Crippen LogP contribution < -0.4 is 5.32 Å². The molecular formula is C11H24N2O2S. The van der Waals surface area contributed by atoms with Gasteiger partial charge in [-0.05, 0) is 20.8 Å². The van der Waals surface area contributed by atoms with Crippen LogP contribution in [-0.2, 0) is 15.6 Å². The smallest absolute Gasteiger partial charge is 0.239 e. The minimum Gasteiger partial charge on any atom is -0.342 e. The molecule has 0 aromatic rings. The van der Waals surface area contributed by atoms with Crippen molar-refractivity contribution in [1.29, 1.82) is 0 Å². The summed E-state index contributed by atoms with van der Waals surface area (Å²) in [6, 6.07) is -0.186. The quantitative estimate of drug-likeness (QED) is 0.684. The third kappa shape index (κ3) is 5.61.